The lowest BCUT2D eigenvalue weighted by molar-refractivity contribution is -0.955. The van der Waals surface area contributed by atoms with Crippen LogP contribution in [0.3, 0.4) is 0 Å². The fourth-order valence-electron chi connectivity index (χ4n) is 2.86. The summed E-state index contributed by atoms with van der Waals surface area (Å²) in [7, 11) is 0. The summed E-state index contributed by atoms with van der Waals surface area (Å²) in [4.78, 5) is 22.8. The van der Waals surface area contributed by atoms with E-state index >= 15 is 0 Å². The van der Waals surface area contributed by atoms with Gasteiger partial charge >= 0.3 is 11.9 Å². The molecule has 0 rings (SSSR count). The fourth-order valence-corrected chi connectivity index (χ4v) is 2.86. The van der Waals surface area contributed by atoms with Crippen molar-refractivity contribution in [2.75, 3.05) is 19.7 Å². The predicted octanol–water partition coefficient (Wildman–Crippen LogP) is 1.88. The van der Waals surface area contributed by atoms with E-state index in [1.54, 1.807) is 0 Å². The van der Waals surface area contributed by atoms with Crippen molar-refractivity contribution >= 4 is 11.9 Å². The Labute approximate surface area is 132 Å². The molecular formula is C16H30NO5+. The number of carbonyl (C=O) groups is 2. The van der Waals surface area contributed by atoms with Gasteiger partial charge in [-0.2, -0.15) is 0 Å². The molecule has 0 spiro atoms. The number of aliphatic hydroxyl groups is 1. The Morgan fingerprint density at radius 3 is 1.95 bits per heavy atom. The van der Waals surface area contributed by atoms with Crippen LogP contribution in [0, 0.1) is 0 Å². The molecule has 22 heavy (non-hydrogen) atoms. The number of allylic oxidation sites excluding steroid dienone is 2. The van der Waals surface area contributed by atoms with Crippen molar-refractivity contribution in [1.29, 1.82) is 0 Å². The van der Waals surface area contributed by atoms with E-state index in [4.69, 9.17) is 0 Å². The van der Waals surface area contributed by atoms with E-state index < -0.39 is 24.0 Å². The summed E-state index contributed by atoms with van der Waals surface area (Å²) in [6.45, 7) is 5.36. The number of carboxylic acid groups (broad SMARTS) is 2. The number of quaternary nitrogens is 1. The number of rotatable bonds is 12. The maximum absolute atomic E-state index is 11.4. The Hall–Kier alpha value is -1.40. The Kier molecular flexibility index (Phi) is 9.69. The predicted molar refractivity (Wildman–Crippen MR) is 84.6 cm³/mol. The Morgan fingerprint density at radius 2 is 1.55 bits per heavy atom. The van der Waals surface area contributed by atoms with Crippen LogP contribution in [0.1, 0.15) is 46.5 Å². The fraction of sp³-hybridized carbons (Fsp3) is 0.750. The maximum atomic E-state index is 11.4. The van der Waals surface area contributed by atoms with Gasteiger partial charge in [0.1, 0.15) is 6.54 Å². The average Bonchev–Trinajstić information content (AvgIpc) is 2.47. The zero-order valence-electron chi connectivity index (χ0n) is 13.9. The third-order valence-corrected chi connectivity index (χ3v) is 4.45. The number of hydrogen-bond donors (Lipinski definition) is 3. The molecule has 6 heteroatoms. The molecule has 0 heterocycles. The van der Waals surface area contributed by atoms with Crippen LogP contribution in [0.25, 0.3) is 0 Å². The highest BCUT2D eigenvalue weighted by Crippen LogP contribution is 2.22. The Morgan fingerprint density at radius 1 is 1.00 bits per heavy atom. The SMILES string of the molecule is C/C=C/CCCCC[N+](CCO)(C(C)C(=O)O)C(C)C(=O)O. The Balaban J connectivity index is 5.03. The van der Waals surface area contributed by atoms with Gasteiger partial charge in [-0.15, -0.1) is 0 Å². The first-order chi connectivity index (χ1) is 10.3. The molecule has 0 bridgehead atoms. The second-order valence-corrected chi connectivity index (χ2v) is 5.72. The zero-order valence-corrected chi connectivity index (χ0v) is 13.9. The quantitative estimate of drug-likeness (QED) is 0.290. The van der Waals surface area contributed by atoms with Gasteiger partial charge in [-0.3, -0.25) is 4.48 Å². The highest BCUT2D eigenvalue weighted by molar-refractivity contribution is 5.74. The monoisotopic (exact) mass is 316 g/mol. The first-order valence-electron chi connectivity index (χ1n) is 7.87. The number of aliphatic hydroxyl groups excluding tert-OH is 1. The van der Waals surface area contributed by atoms with E-state index in [2.05, 4.69) is 6.08 Å². The lowest BCUT2D eigenvalue weighted by Gasteiger charge is -2.44. The van der Waals surface area contributed by atoms with E-state index in [-0.39, 0.29) is 17.6 Å². The topological polar surface area (TPSA) is 94.8 Å². The third-order valence-electron chi connectivity index (χ3n) is 4.45. The first-order valence-corrected chi connectivity index (χ1v) is 7.87. The van der Waals surface area contributed by atoms with Crippen LogP contribution in [0.5, 0.6) is 0 Å². The highest BCUT2D eigenvalue weighted by atomic mass is 16.4. The van der Waals surface area contributed by atoms with E-state index in [0.717, 1.165) is 25.7 Å². The van der Waals surface area contributed by atoms with Gasteiger partial charge in [-0.05, 0) is 46.5 Å². The number of nitrogens with zero attached hydrogens (tertiary/aromatic N) is 1. The number of hydrogen-bond acceptors (Lipinski definition) is 3. The summed E-state index contributed by atoms with van der Waals surface area (Å²) >= 11 is 0. The largest absolute Gasteiger partial charge is 0.477 e. The van der Waals surface area contributed by atoms with Crippen LogP contribution in [-0.2, 0) is 9.59 Å². The van der Waals surface area contributed by atoms with Crippen LogP contribution in [0.15, 0.2) is 12.2 Å². The molecule has 0 aliphatic heterocycles. The van der Waals surface area contributed by atoms with Crippen LogP contribution < -0.4 is 0 Å². The van der Waals surface area contributed by atoms with E-state index in [1.165, 1.54) is 13.8 Å². The summed E-state index contributed by atoms with van der Waals surface area (Å²) in [6.07, 6.45) is 7.69. The van der Waals surface area contributed by atoms with Crippen molar-refractivity contribution in [3.8, 4) is 0 Å². The van der Waals surface area contributed by atoms with E-state index in [1.807, 2.05) is 13.0 Å². The molecule has 0 aliphatic rings. The first kappa shape index (κ1) is 20.6. The maximum Gasteiger partial charge on any atom is 0.362 e. The molecule has 0 saturated heterocycles. The second kappa shape index (κ2) is 10.3. The van der Waals surface area contributed by atoms with Crippen molar-refractivity contribution < 1.29 is 29.4 Å². The van der Waals surface area contributed by atoms with Crippen LogP contribution >= 0.6 is 0 Å². The summed E-state index contributed by atoms with van der Waals surface area (Å²) in [5.74, 6) is -2.06. The van der Waals surface area contributed by atoms with Crippen LogP contribution in [0.4, 0.5) is 0 Å². The molecule has 0 aliphatic carbocycles. The van der Waals surface area contributed by atoms with Crippen molar-refractivity contribution in [2.45, 2.75) is 58.5 Å². The molecule has 0 aromatic carbocycles. The van der Waals surface area contributed by atoms with Gasteiger partial charge in [-0.1, -0.05) is 12.2 Å². The molecule has 2 unspecified atom stereocenters. The van der Waals surface area contributed by atoms with Gasteiger partial charge in [0.15, 0.2) is 12.1 Å². The summed E-state index contributed by atoms with van der Waals surface area (Å²) in [6, 6.07) is -1.73. The molecule has 0 fully saturated rings. The van der Waals surface area contributed by atoms with Gasteiger partial charge in [0.2, 0.25) is 0 Å². The minimum absolute atomic E-state index is 0.120. The smallest absolute Gasteiger partial charge is 0.362 e. The van der Waals surface area contributed by atoms with E-state index in [0.29, 0.717) is 6.54 Å². The minimum atomic E-state index is -1.03. The molecule has 3 N–H and O–H groups in total. The van der Waals surface area contributed by atoms with Crippen molar-refractivity contribution in [1.82, 2.24) is 0 Å². The summed E-state index contributed by atoms with van der Waals surface area (Å²) in [5, 5.41) is 28.0. The van der Waals surface area contributed by atoms with Gasteiger partial charge in [0, 0.05) is 0 Å². The van der Waals surface area contributed by atoms with Gasteiger partial charge < -0.3 is 15.3 Å². The number of aliphatic carboxylic acids is 2. The molecule has 0 amide bonds. The summed E-state index contributed by atoms with van der Waals surface area (Å²) < 4.78 is -0.120. The normalized spacial score (nSPS) is 17.1. The van der Waals surface area contributed by atoms with Crippen molar-refractivity contribution in [3.05, 3.63) is 12.2 Å². The van der Waals surface area contributed by atoms with E-state index in [9.17, 15) is 24.9 Å². The average molecular weight is 316 g/mol. The van der Waals surface area contributed by atoms with Gasteiger partial charge in [0.25, 0.3) is 0 Å². The van der Waals surface area contributed by atoms with Crippen molar-refractivity contribution in [3.63, 3.8) is 0 Å². The lowest BCUT2D eigenvalue weighted by Crippen LogP contribution is -2.65. The standard InChI is InChI=1S/C16H29NO5/c1-4-5-6-7-8-9-10-17(11-12-18,13(2)15(19)20)14(3)16(21)22/h4-5,13-14,18H,6-12H2,1-3H3,(H-,19,20,21,22)/p+1/b5-4+. The van der Waals surface area contributed by atoms with Gasteiger partial charge in [0.05, 0.1) is 13.2 Å². The van der Waals surface area contributed by atoms with Gasteiger partial charge in [-0.25, -0.2) is 9.59 Å². The van der Waals surface area contributed by atoms with Crippen LogP contribution in [0.2, 0.25) is 0 Å². The number of unbranched alkanes of at least 4 members (excludes halogenated alkanes) is 3. The summed E-state index contributed by atoms with van der Waals surface area (Å²) in [5.41, 5.74) is 0. The third kappa shape index (κ3) is 5.77. The van der Waals surface area contributed by atoms with Crippen molar-refractivity contribution in [2.24, 2.45) is 0 Å². The molecular weight excluding hydrogens is 286 g/mol. The Bertz CT molecular complexity index is 361. The molecule has 2 atom stereocenters. The van der Waals surface area contributed by atoms with Crippen LogP contribution in [-0.4, -0.2) is 63.5 Å². The molecule has 0 radical (unpaired) electrons. The molecule has 0 aromatic heterocycles. The highest BCUT2D eigenvalue weighted by Gasteiger charge is 2.45. The lowest BCUT2D eigenvalue weighted by atomic mass is 10.0. The molecule has 6 nitrogen and oxygen atoms in total. The molecule has 0 aromatic rings. The zero-order chi connectivity index (χ0) is 17.2. The second-order valence-electron chi connectivity index (χ2n) is 5.72. The molecule has 0 saturated carbocycles. The number of carboxylic acids is 2. The molecule has 128 valence electrons. The minimum Gasteiger partial charge on any atom is -0.477 e.